The van der Waals surface area contributed by atoms with E-state index in [4.69, 9.17) is 0 Å². The Labute approximate surface area is 86.2 Å². The van der Waals surface area contributed by atoms with E-state index in [1.54, 1.807) is 12.1 Å². The fourth-order valence-electron chi connectivity index (χ4n) is 1.33. The number of hydrogen-bond acceptors (Lipinski definition) is 2. The van der Waals surface area contributed by atoms with Crippen LogP contribution in [0.4, 0.5) is 4.39 Å². The first kappa shape index (κ1) is 9.34. The van der Waals surface area contributed by atoms with Crippen LogP contribution in [0.25, 0.3) is 10.4 Å². The normalized spacial score (nSPS) is 10.5. The van der Waals surface area contributed by atoms with Crippen LogP contribution >= 0.6 is 11.3 Å². The molecule has 1 radical (unpaired) electrons. The number of thiazole rings is 1. The summed E-state index contributed by atoms with van der Waals surface area (Å²) in [6, 6.07) is 6.68. The molecule has 0 saturated heterocycles. The lowest BCUT2D eigenvalue weighted by Gasteiger charge is -1.99. The molecule has 0 bridgehead atoms. The molecule has 0 spiro atoms. The van der Waals surface area contributed by atoms with Gasteiger partial charge in [0, 0.05) is 5.56 Å². The van der Waals surface area contributed by atoms with Crippen molar-refractivity contribution < 1.29 is 4.39 Å². The van der Waals surface area contributed by atoms with Gasteiger partial charge in [0.15, 0.2) is 0 Å². The second kappa shape index (κ2) is 3.50. The number of rotatable bonds is 1. The summed E-state index contributed by atoms with van der Waals surface area (Å²) in [4.78, 5) is 4.99. The van der Waals surface area contributed by atoms with Crippen molar-refractivity contribution in [2.24, 2.45) is 0 Å². The molecule has 1 aromatic carbocycles. The van der Waals surface area contributed by atoms with E-state index in [0.717, 1.165) is 9.88 Å². The van der Waals surface area contributed by atoms with Gasteiger partial charge in [-0.25, -0.2) is 9.37 Å². The molecule has 0 aliphatic heterocycles. The first-order valence-electron chi connectivity index (χ1n) is 4.23. The predicted molar refractivity (Wildman–Crippen MR) is 56.7 cm³/mol. The molecule has 0 aliphatic rings. The van der Waals surface area contributed by atoms with Crippen molar-refractivity contribution in [3.8, 4) is 10.4 Å². The van der Waals surface area contributed by atoms with Crippen molar-refractivity contribution in [2.75, 3.05) is 0 Å². The highest BCUT2D eigenvalue weighted by Crippen LogP contribution is 2.31. The molecule has 14 heavy (non-hydrogen) atoms. The first-order valence-corrected chi connectivity index (χ1v) is 5.04. The summed E-state index contributed by atoms with van der Waals surface area (Å²) in [6.07, 6.45) is 0. The first-order chi connectivity index (χ1) is 6.68. The molecule has 0 atom stereocenters. The van der Waals surface area contributed by atoms with E-state index in [9.17, 15) is 4.39 Å². The summed E-state index contributed by atoms with van der Waals surface area (Å²) in [5.41, 5.74) is 1.24. The minimum Gasteiger partial charge on any atom is -0.246 e. The summed E-state index contributed by atoms with van der Waals surface area (Å²) in [5, 5.41) is 0.910. The Morgan fingerprint density at radius 2 is 2.07 bits per heavy atom. The molecule has 71 valence electrons. The van der Waals surface area contributed by atoms with Crippen LogP contribution in [-0.4, -0.2) is 4.98 Å². The number of benzene rings is 1. The van der Waals surface area contributed by atoms with Crippen molar-refractivity contribution >= 4 is 11.3 Å². The lowest BCUT2D eigenvalue weighted by Crippen LogP contribution is -1.82. The van der Waals surface area contributed by atoms with Crippen LogP contribution in [0, 0.1) is 19.7 Å². The molecule has 1 aromatic heterocycles. The molecule has 3 heteroatoms. The molecule has 0 unspecified atom stereocenters. The highest BCUT2D eigenvalue weighted by atomic mass is 32.1. The van der Waals surface area contributed by atoms with Crippen molar-refractivity contribution in [2.45, 2.75) is 6.92 Å². The second-order valence-electron chi connectivity index (χ2n) is 2.99. The lowest BCUT2D eigenvalue weighted by atomic mass is 10.1. The van der Waals surface area contributed by atoms with Gasteiger partial charge in [-0.3, -0.25) is 0 Å². The third-order valence-electron chi connectivity index (χ3n) is 1.92. The molecule has 0 fully saturated rings. The zero-order chi connectivity index (χ0) is 10.1. The van der Waals surface area contributed by atoms with E-state index in [1.165, 1.54) is 17.4 Å². The number of aryl methyl sites for hydroxylation is 1. The molecule has 1 nitrogen and oxygen atoms in total. The fourth-order valence-corrected chi connectivity index (χ4v) is 2.22. The minimum absolute atomic E-state index is 0.221. The van der Waals surface area contributed by atoms with Crippen LogP contribution in [0.15, 0.2) is 24.3 Å². The monoisotopic (exact) mass is 206 g/mol. The SMILES string of the molecule is [CH2]c1nc(C)sc1-c1ccccc1F. The smallest absolute Gasteiger partial charge is 0.131 e. The van der Waals surface area contributed by atoms with Gasteiger partial charge >= 0.3 is 0 Å². The molecule has 1 heterocycles. The highest BCUT2D eigenvalue weighted by Gasteiger charge is 2.10. The molecule has 0 amide bonds. The van der Waals surface area contributed by atoms with Crippen LogP contribution < -0.4 is 0 Å². The molecule has 2 aromatic rings. The molecule has 0 saturated carbocycles. The average Bonchev–Trinajstić information content (AvgIpc) is 2.46. The Kier molecular flexibility index (Phi) is 2.33. The van der Waals surface area contributed by atoms with E-state index in [0.29, 0.717) is 11.3 Å². The Hall–Kier alpha value is -1.22. The van der Waals surface area contributed by atoms with Gasteiger partial charge in [-0.1, -0.05) is 18.2 Å². The van der Waals surface area contributed by atoms with Crippen molar-refractivity contribution in [1.29, 1.82) is 0 Å². The summed E-state index contributed by atoms with van der Waals surface area (Å²) >= 11 is 1.47. The maximum absolute atomic E-state index is 13.4. The van der Waals surface area contributed by atoms with E-state index in [2.05, 4.69) is 11.9 Å². The van der Waals surface area contributed by atoms with Crippen LogP contribution in [0.3, 0.4) is 0 Å². The van der Waals surface area contributed by atoms with Crippen molar-refractivity contribution in [3.05, 3.63) is 47.7 Å². The van der Waals surface area contributed by atoms with Gasteiger partial charge < -0.3 is 0 Å². The average molecular weight is 206 g/mol. The summed E-state index contributed by atoms with van der Waals surface area (Å²) in [7, 11) is 0. The van der Waals surface area contributed by atoms with Gasteiger partial charge in [0.25, 0.3) is 0 Å². The van der Waals surface area contributed by atoms with Crippen LogP contribution in [0.5, 0.6) is 0 Å². The van der Waals surface area contributed by atoms with E-state index >= 15 is 0 Å². The molecular weight excluding hydrogens is 197 g/mol. The van der Waals surface area contributed by atoms with E-state index < -0.39 is 0 Å². The third-order valence-corrected chi connectivity index (χ3v) is 2.97. The highest BCUT2D eigenvalue weighted by molar-refractivity contribution is 7.15. The van der Waals surface area contributed by atoms with Crippen LogP contribution in [0.1, 0.15) is 10.7 Å². The summed E-state index contributed by atoms with van der Waals surface area (Å²) in [5.74, 6) is -0.221. The topological polar surface area (TPSA) is 12.9 Å². The van der Waals surface area contributed by atoms with Gasteiger partial charge in [0.05, 0.1) is 15.6 Å². The Morgan fingerprint density at radius 1 is 1.36 bits per heavy atom. The van der Waals surface area contributed by atoms with Gasteiger partial charge in [0.2, 0.25) is 0 Å². The lowest BCUT2D eigenvalue weighted by molar-refractivity contribution is 0.631. The van der Waals surface area contributed by atoms with Crippen molar-refractivity contribution in [1.82, 2.24) is 4.98 Å². The number of aromatic nitrogens is 1. The van der Waals surface area contributed by atoms with E-state index in [1.807, 2.05) is 13.0 Å². The number of hydrogen-bond donors (Lipinski definition) is 0. The standard InChI is InChI=1S/C11H9FNS/c1-7-11(14-8(2)13-7)9-5-3-4-6-10(9)12/h3-6H,1H2,2H3. The van der Waals surface area contributed by atoms with Gasteiger partial charge in [0.1, 0.15) is 5.82 Å². The molecule has 2 rings (SSSR count). The third kappa shape index (κ3) is 1.55. The number of halogens is 1. The molecule has 0 N–H and O–H groups in total. The maximum Gasteiger partial charge on any atom is 0.131 e. The van der Waals surface area contributed by atoms with Gasteiger partial charge in [-0.05, 0) is 19.9 Å². The molecule has 0 aliphatic carbocycles. The zero-order valence-electron chi connectivity index (χ0n) is 7.75. The fraction of sp³-hybridized carbons (Fsp3) is 0.0909. The maximum atomic E-state index is 13.4. The minimum atomic E-state index is -0.221. The summed E-state index contributed by atoms with van der Waals surface area (Å²) in [6.45, 7) is 5.68. The Balaban J connectivity index is 2.60. The predicted octanol–water partition coefficient (Wildman–Crippen LogP) is 3.44. The van der Waals surface area contributed by atoms with Crippen molar-refractivity contribution in [3.63, 3.8) is 0 Å². The van der Waals surface area contributed by atoms with Gasteiger partial charge in [-0.15, -0.1) is 11.3 Å². The van der Waals surface area contributed by atoms with Gasteiger partial charge in [-0.2, -0.15) is 0 Å². The summed E-state index contributed by atoms with van der Waals surface area (Å²) < 4.78 is 13.4. The largest absolute Gasteiger partial charge is 0.246 e. The second-order valence-corrected chi connectivity index (χ2v) is 4.19. The quantitative estimate of drug-likeness (QED) is 0.696. The Morgan fingerprint density at radius 3 is 2.64 bits per heavy atom. The Bertz CT molecular complexity index is 462. The van der Waals surface area contributed by atoms with E-state index in [-0.39, 0.29) is 5.82 Å². The van der Waals surface area contributed by atoms with Crippen LogP contribution in [0.2, 0.25) is 0 Å². The number of nitrogens with zero attached hydrogens (tertiary/aromatic N) is 1. The van der Waals surface area contributed by atoms with Crippen LogP contribution in [-0.2, 0) is 0 Å². The molecular formula is C11H9FNS. The zero-order valence-corrected chi connectivity index (χ0v) is 8.57.